The van der Waals surface area contributed by atoms with E-state index in [4.69, 9.17) is 0 Å². The summed E-state index contributed by atoms with van der Waals surface area (Å²) in [4.78, 5) is 7.04. The third kappa shape index (κ3) is 3.60. The zero-order valence-electron chi connectivity index (χ0n) is 13.8. The van der Waals surface area contributed by atoms with Crippen LogP contribution < -0.4 is 0 Å². The Hall–Kier alpha value is -0.890. The maximum atomic E-state index is 4.51. The van der Waals surface area contributed by atoms with E-state index in [1.165, 1.54) is 31.4 Å². The van der Waals surface area contributed by atoms with Crippen molar-refractivity contribution in [2.45, 2.75) is 65.5 Å². The molecule has 2 rings (SSSR count). The van der Waals surface area contributed by atoms with E-state index in [-0.39, 0.29) is 0 Å². The smallest absolute Gasteiger partial charge is 0.0572 e. The van der Waals surface area contributed by atoms with Crippen LogP contribution in [0.1, 0.15) is 65.1 Å². The summed E-state index contributed by atoms with van der Waals surface area (Å²) in [5.41, 5.74) is 1.66. The largest absolute Gasteiger partial charge is 0.295 e. The van der Waals surface area contributed by atoms with Crippen LogP contribution in [0.2, 0.25) is 0 Å². The maximum absolute atomic E-state index is 4.51. The molecule has 0 saturated heterocycles. The van der Waals surface area contributed by atoms with E-state index in [0.717, 1.165) is 5.92 Å². The average molecular weight is 274 g/mol. The topological polar surface area (TPSA) is 16.1 Å². The van der Waals surface area contributed by atoms with E-state index in [2.05, 4.69) is 56.8 Å². The highest BCUT2D eigenvalue weighted by Crippen LogP contribution is 2.39. The SMILES string of the molecule is CC(c1ccccn1)N(C)C1CCC(C(C)(C)C)CC1. The number of hydrogen-bond donors (Lipinski definition) is 0. The fraction of sp³-hybridized carbons (Fsp3) is 0.722. The lowest BCUT2D eigenvalue weighted by molar-refractivity contribution is 0.0892. The zero-order chi connectivity index (χ0) is 14.8. The lowest BCUT2D eigenvalue weighted by Gasteiger charge is -2.41. The summed E-state index contributed by atoms with van der Waals surface area (Å²) in [6.45, 7) is 9.44. The van der Waals surface area contributed by atoms with Crippen molar-refractivity contribution in [2.24, 2.45) is 11.3 Å². The minimum absolute atomic E-state index is 0.410. The van der Waals surface area contributed by atoms with Crippen molar-refractivity contribution in [3.05, 3.63) is 30.1 Å². The molecule has 0 N–H and O–H groups in total. The molecule has 0 bridgehead atoms. The molecule has 0 aromatic carbocycles. The fourth-order valence-corrected chi connectivity index (χ4v) is 3.50. The second-order valence-corrected chi connectivity index (χ2v) is 7.47. The quantitative estimate of drug-likeness (QED) is 0.795. The van der Waals surface area contributed by atoms with Crippen molar-refractivity contribution in [2.75, 3.05) is 7.05 Å². The predicted octanol–water partition coefficient (Wildman–Crippen LogP) is 4.68. The number of aromatic nitrogens is 1. The van der Waals surface area contributed by atoms with E-state index in [9.17, 15) is 0 Å². The monoisotopic (exact) mass is 274 g/mol. The first-order chi connectivity index (χ1) is 9.39. The minimum atomic E-state index is 0.410. The first kappa shape index (κ1) is 15.5. The van der Waals surface area contributed by atoms with Crippen LogP contribution in [0.25, 0.3) is 0 Å². The van der Waals surface area contributed by atoms with Crippen LogP contribution in [0.4, 0.5) is 0 Å². The Labute approximate surface area is 124 Å². The molecule has 1 aliphatic carbocycles. The molecule has 1 saturated carbocycles. The molecule has 1 atom stereocenters. The molecule has 20 heavy (non-hydrogen) atoms. The van der Waals surface area contributed by atoms with Crippen molar-refractivity contribution >= 4 is 0 Å². The van der Waals surface area contributed by atoms with Gasteiger partial charge in [-0.05, 0) is 63.1 Å². The third-order valence-corrected chi connectivity index (χ3v) is 5.22. The van der Waals surface area contributed by atoms with Gasteiger partial charge in [0, 0.05) is 18.3 Å². The second kappa shape index (κ2) is 6.26. The molecule has 0 aliphatic heterocycles. The lowest BCUT2D eigenvalue weighted by Crippen LogP contribution is -2.39. The summed E-state index contributed by atoms with van der Waals surface area (Å²) in [6, 6.07) is 7.34. The standard InChI is InChI=1S/C18H30N2/c1-14(17-8-6-7-13-19-17)20(5)16-11-9-15(10-12-16)18(2,3)4/h6-8,13-16H,9-12H2,1-5H3. The number of hydrogen-bond acceptors (Lipinski definition) is 2. The van der Waals surface area contributed by atoms with Crippen LogP contribution in [0.15, 0.2) is 24.4 Å². The average Bonchev–Trinajstić information content (AvgIpc) is 2.46. The van der Waals surface area contributed by atoms with Crippen molar-refractivity contribution in [3.63, 3.8) is 0 Å². The van der Waals surface area contributed by atoms with Gasteiger partial charge in [0.2, 0.25) is 0 Å². The van der Waals surface area contributed by atoms with Gasteiger partial charge in [-0.15, -0.1) is 0 Å². The molecule has 1 fully saturated rings. The van der Waals surface area contributed by atoms with E-state index in [0.29, 0.717) is 17.5 Å². The molecular formula is C18H30N2. The first-order valence-electron chi connectivity index (χ1n) is 8.02. The van der Waals surface area contributed by atoms with Gasteiger partial charge in [0.05, 0.1) is 5.69 Å². The Balaban J connectivity index is 1.93. The van der Waals surface area contributed by atoms with E-state index in [1.54, 1.807) is 0 Å². The van der Waals surface area contributed by atoms with Crippen LogP contribution >= 0.6 is 0 Å². The fourth-order valence-electron chi connectivity index (χ4n) is 3.50. The Morgan fingerprint density at radius 3 is 2.30 bits per heavy atom. The van der Waals surface area contributed by atoms with Gasteiger partial charge in [-0.3, -0.25) is 9.88 Å². The molecule has 1 aromatic heterocycles. The molecule has 0 radical (unpaired) electrons. The van der Waals surface area contributed by atoms with Crippen LogP contribution in [-0.2, 0) is 0 Å². The molecular weight excluding hydrogens is 244 g/mol. The predicted molar refractivity (Wildman–Crippen MR) is 85.6 cm³/mol. The Kier molecular flexibility index (Phi) is 4.85. The van der Waals surface area contributed by atoms with Crippen molar-refractivity contribution in [1.82, 2.24) is 9.88 Å². The van der Waals surface area contributed by atoms with E-state index in [1.807, 2.05) is 12.3 Å². The first-order valence-corrected chi connectivity index (χ1v) is 8.02. The van der Waals surface area contributed by atoms with Crippen molar-refractivity contribution in [3.8, 4) is 0 Å². The van der Waals surface area contributed by atoms with Crippen molar-refractivity contribution < 1.29 is 0 Å². The van der Waals surface area contributed by atoms with Gasteiger partial charge >= 0.3 is 0 Å². The highest BCUT2D eigenvalue weighted by Gasteiger charge is 2.32. The van der Waals surface area contributed by atoms with E-state index < -0.39 is 0 Å². The summed E-state index contributed by atoms with van der Waals surface area (Å²) in [6.07, 6.45) is 7.29. The number of nitrogens with zero attached hydrogens (tertiary/aromatic N) is 2. The normalized spacial score (nSPS) is 25.7. The zero-order valence-corrected chi connectivity index (χ0v) is 13.8. The Morgan fingerprint density at radius 1 is 1.15 bits per heavy atom. The molecule has 1 heterocycles. The van der Waals surface area contributed by atoms with Crippen molar-refractivity contribution in [1.29, 1.82) is 0 Å². The molecule has 2 heteroatoms. The summed E-state index contributed by atoms with van der Waals surface area (Å²) in [7, 11) is 2.27. The van der Waals surface area contributed by atoms with Gasteiger partial charge in [-0.1, -0.05) is 26.8 Å². The molecule has 1 aromatic rings. The van der Waals surface area contributed by atoms with Crippen LogP contribution in [-0.4, -0.2) is 23.0 Å². The molecule has 0 spiro atoms. The summed E-state index contributed by atoms with van der Waals surface area (Å²) < 4.78 is 0. The molecule has 2 nitrogen and oxygen atoms in total. The third-order valence-electron chi connectivity index (χ3n) is 5.22. The second-order valence-electron chi connectivity index (χ2n) is 7.47. The molecule has 1 unspecified atom stereocenters. The molecule has 0 amide bonds. The van der Waals surface area contributed by atoms with Gasteiger partial charge in [0.25, 0.3) is 0 Å². The van der Waals surface area contributed by atoms with E-state index >= 15 is 0 Å². The van der Waals surface area contributed by atoms with Crippen LogP contribution in [0, 0.1) is 11.3 Å². The lowest BCUT2D eigenvalue weighted by atomic mass is 9.71. The highest BCUT2D eigenvalue weighted by atomic mass is 15.2. The summed E-state index contributed by atoms with van der Waals surface area (Å²) in [5.74, 6) is 0.886. The maximum Gasteiger partial charge on any atom is 0.0572 e. The Morgan fingerprint density at radius 2 is 1.80 bits per heavy atom. The van der Waals surface area contributed by atoms with Gasteiger partial charge in [-0.2, -0.15) is 0 Å². The summed E-state index contributed by atoms with van der Waals surface area (Å²) in [5, 5.41) is 0. The summed E-state index contributed by atoms with van der Waals surface area (Å²) >= 11 is 0. The minimum Gasteiger partial charge on any atom is -0.295 e. The van der Waals surface area contributed by atoms with Gasteiger partial charge in [-0.25, -0.2) is 0 Å². The van der Waals surface area contributed by atoms with Crippen LogP contribution in [0.5, 0.6) is 0 Å². The molecule has 112 valence electrons. The van der Waals surface area contributed by atoms with Gasteiger partial charge < -0.3 is 0 Å². The Bertz CT molecular complexity index is 399. The van der Waals surface area contributed by atoms with Gasteiger partial charge in [0.15, 0.2) is 0 Å². The number of rotatable bonds is 3. The number of pyridine rings is 1. The van der Waals surface area contributed by atoms with Gasteiger partial charge in [0.1, 0.15) is 0 Å². The van der Waals surface area contributed by atoms with Crippen LogP contribution in [0.3, 0.4) is 0 Å². The molecule has 1 aliphatic rings. The highest BCUT2D eigenvalue weighted by molar-refractivity contribution is 5.08.